The first-order valence-electron chi connectivity index (χ1n) is 19.5. The maximum Gasteiger partial charge on any atom is 0.265 e. The molecule has 14 heteroatoms. The lowest BCUT2D eigenvalue weighted by Crippen LogP contribution is -2.69. The van der Waals surface area contributed by atoms with Gasteiger partial charge in [-0.3, -0.25) is 14.4 Å². The van der Waals surface area contributed by atoms with Crippen LogP contribution in [0, 0.1) is 17.3 Å². The third-order valence-corrected chi connectivity index (χ3v) is 11.0. The molecule has 1 amide bonds. The van der Waals surface area contributed by atoms with Gasteiger partial charge in [-0.15, -0.1) is 0 Å². The van der Waals surface area contributed by atoms with Crippen LogP contribution in [0.5, 0.6) is 5.75 Å². The summed E-state index contributed by atoms with van der Waals surface area (Å²) in [5.41, 5.74) is -0.881. The third-order valence-electron chi connectivity index (χ3n) is 11.0. The molecule has 0 radical (unpaired) electrons. The van der Waals surface area contributed by atoms with Crippen molar-refractivity contribution in [3.63, 3.8) is 0 Å². The molecule has 320 valence electrons. The molecule has 0 unspecified atom stereocenters. The van der Waals surface area contributed by atoms with Crippen LogP contribution in [0.4, 0.5) is 0 Å². The molecule has 14 nitrogen and oxygen atoms in total. The third kappa shape index (κ3) is 10.9. The van der Waals surface area contributed by atoms with Crippen molar-refractivity contribution < 1.29 is 54.4 Å². The number of aryl methyl sites for hydroxylation is 1. The van der Waals surface area contributed by atoms with Crippen LogP contribution in [0.3, 0.4) is 0 Å². The number of aromatic nitrogens is 1. The first-order chi connectivity index (χ1) is 27.3. The summed E-state index contributed by atoms with van der Waals surface area (Å²) < 4.78 is 19.0. The second kappa shape index (κ2) is 21.1. The number of pyridine rings is 1. The van der Waals surface area contributed by atoms with Gasteiger partial charge in [0.05, 0.1) is 30.3 Å². The average molecular weight is 811 g/mol. The number of Topliss-reactive ketones (excluding diaryl/α,β-unsaturated/α-hetero) is 1. The number of allylic oxidation sites excluding steroid dienone is 10. The van der Waals surface area contributed by atoms with E-state index in [1.807, 2.05) is 26.8 Å². The van der Waals surface area contributed by atoms with Gasteiger partial charge in [-0.1, -0.05) is 101 Å². The fourth-order valence-corrected chi connectivity index (χ4v) is 7.27. The van der Waals surface area contributed by atoms with Crippen LogP contribution < -0.4 is 10.9 Å². The van der Waals surface area contributed by atoms with Crippen molar-refractivity contribution in [2.75, 3.05) is 13.7 Å². The quantitative estimate of drug-likeness (QED) is 0.0687. The fourth-order valence-electron chi connectivity index (χ4n) is 7.27. The summed E-state index contributed by atoms with van der Waals surface area (Å²) >= 11 is 0. The highest BCUT2D eigenvalue weighted by Crippen LogP contribution is 2.44. The molecule has 0 aliphatic carbocycles. The van der Waals surface area contributed by atoms with E-state index >= 15 is 0 Å². The minimum absolute atomic E-state index is 0.0818. The standard InChI is InChI=1S/C44H62N2O12/c1-10-12-14-22-32-43(6,7)39(51)40(52)44(55,58-32)29(11-2)41(53)45-24-18-17-20-27(4)37(56-9)28(5)38-36(50)35(49)31(57-38)21-16-13-15-19-26(3)34(48)33-30(47)23-25-46(8)42(33)54/h10,12-23,25,28-29,31-32,35-40,47,49-52,55H,11,24H2,1-9H3,(H,45,53)/t28-,29-,31-,32+,35+,36+,37-,38+,39+,40-,44-/m1/s1. The number of hydrogen-bond acceptors (Lipinski definition) is 12. The maximum atomic E-state index is 13.3. The molecule has 1 aromatic heterocycles. The van der Waals surface area contributed by atoms with E-state index in [1.165, 1.54) is 44.0 Å². The van der Waals surface area contributed by atoms with Crippen molar-refractivity contribution in [3.8, 4) is 5.75 Å². The lowest BCUT2D eigenvalue weighted by atomic mass is 9.71. The van der Waals surface area contributed by atoms with Crippen LogP contribution in [0.2, 0.25) is 0 Å². The van der Waals surface area contributed by atoms with Crippen LogP contribution in [0.15, 0.2) is 101 Å². The Kier molecular flexibility index (Phi) is 17.5. The van der Waals surface area contributed by atoms with Crippen LogP contribution >= 0.6 is 0 Å². The van der Waals surface area contributed by atoms with Crippen molar-refractivity contribution in [2.45, 2.75) is 110 Å². The van der Waals surface area contributed by atoms with Gasteiger partial charge in [-0.25, -0.2) is 0 Å². The number of hydrogen-bond donors (Lipinski definition) is 7. The minimum atomic E-state index is -2.34. The Morgan fingerprint density at radius 2 is 1.67 bits per heavy atom. The predicted octanol–water partition coefficient (Wildman–Crippen LogP) is 3.09. The second-order valence-electron chi connectivity index (χ2n) is 15.5. The molecule has 0 saturated carbocycles. The van der Waals surface area contributed by atoms with Crippen LogP contribution in [-0.2, 0) is 26.1 Å². The number of aromatic hydroxyl groups is 1. The van der Waals surface area contributed by atoms with Gasteiger partial charge in [0.1, 0.15) is 35.7 Å². The molecule has 0 aromatic carbocycles. The van der Waals surface area contributed by atoms with E-state index in [0.29, 0.717) is 0 Å². The smallest absolute Gasteiger partial charge is 0.265 e. The van der Waals surface area contributed by atoms with E-state index in [4.69, 9.17) is 14.2 Å². The Balaban J connectivity index is 1.61. The van der Waals surface area contributed by atoms with Gasteiger partial charge in [-0.2, -0.15) is 0 Å². The summed E-state index contributed by atoms with van der Waals surface area (Å²) in [6.45, 7) is 12.2. The Hall–Kier alpha value is -4.25. The molecule has 7 N–H and O–H groups in total. The number of methoxy groups -OCH3 is 1. The first kappa shape index (κ1) is 48.1. The van der Waals surface area contributed by atoms with E-state index in [1.54, 1.807) is 81.5 Å². The monoisotopic (exact) mass is 810 g/mol. The van der Waals surface area contributed by atoms with Crippen LogP contribution in [0.1, 0.15) is 65.2 Å². The molecule has 2 aliphatic heterocycles. The summed E-state index contributed by atoms with van der Waals surface area (Å²) in [4.78, 5) is 38.4. The molecule has 3 heterocycles. The zero-order valence-electron chi connectivity index (χ0n) is 34.9. The number of nitrogens with zero attached hydrogens (tertiary/aromatic N) is 1. The Bertz CT molecular complexity index is 1860. The lowest BCUT2D eigenvalue weighted by Gasteiger charge is -2.53. The van der Waals surface area contributed by atoms with E-state index in [2.05, 4.69) is 5.32 Å². The number of aliphatic hydroxyl groups excluding tert-OH is 4. The average Bonchev–Trinajstić information content (AvgIpc) is 3.46. The molecule has 2 aliphatic rings. The second-order valence-corrected chi connectivity index (χ2v) is 15.5. The fraction of sp³-hybridized carbons (Fsp3) is 0.523. The number of nitrogens with one attached hydrogen (secondary N) is 1. The molecule has 1 aromatic rings. The minimum Gasteiger partial charge on any atom is -0.507 e. The molecule has 3 rings (SSSR count). The maximum absolute atomic E-state index is 13.3. The van der Waals surface area contributed by atoms with Gasteiger partial charge in [0, 0.05) is 38.2 Å². The van der Waals surface area contributed by atoms with Gasteiger partial charge in [0.25, 0.3) is 5.56 Å². The zero-order chi connectivity index (χ0) is 43.5. The highest BCUT2D eigenvalue weighted by molar-refractivity contribution is 6.09. The summed E-state index contributed by atoms with van der Waals surface area (Å²) in [6, 6.07) is 1.27. The zero-order valence-corrected chi connectivity index (χ0v) is 34.9. The Morgan fingerprint density at radius 3 is 2.31 bits per heavy atom. The Morgan fingerprint density at radius 1 is 1.00 bits per heavy atom. The van der Waals surface area contributed by atoms with Crippen LogP contribution in [0.25, 0.3) is 0 Å². The number of carbonyl (C=O) groups excluding carboxylic acids is 2. The highest BCUT2D eigenvalue weighted by atomic mass is 16.7. The summed E-state index contributed by atoms with van der Waals surface area (Å²) in [7, 11) is 3.01. The molecule has 58 heavy (non-hydrogen) atoms. The molecule has 0 bridgehead atoms. The lowest BCUT2D eigenvalue weighted by molar-refractivity contribution is -0.359. The first-order valence-corrected chi connectivity index (χ1v) is 19.5. The Labute approximate surface area is 340 Å². The van der Waals surface area contributed by atoms with Crippen molar-refractivity contribution >= 4 is 11.7 Å². The van der Waals surface area contributed by atoms with Crippen molar-refractivity contribution in [2.24, 2.45) is 24.3 Å². The number of carbonyl (C=O) groups is 2. The molecular formula is C44H62N2O12. The van der Waals surface area contributed by atoms with E-state index < -0.39 is 94.9 Å². The van der Waals surface area contributed by atoms with Gasteiger partial charge < -0.3 is 54.7 Å². The highest BCUT2D eigenvalue weighted by Gasteiger charge is 2.60. The molecule has 2 saturated heterocycles. The number of ether oxygens (including phenoxy) is 3. The van der Waals surface area contributed by atoms with Gasteiger partial charge in [0.15, 0.2) is 5.78 Å². The SMILES string of the molecule is CC=CC=C[C@@H]1O[C@](O)([C@H](CC)C(=O)NCC=CC=C(C)[C@@H](OC)[C@@H](C)[C@@H]2O[C@H](C=CC=CC=C(C)C(=O)c3c(O)ccn(C)c3=O)[C@H](O)[C@@H]2O)[C@H](O)[C@H](O)C1(C)C. The molecule has 2 fully saturated rings. The number of ketones is 1. The van der Waals surface area contributed by atoms with Crippen molar-refractivity contribution in [3.05, 3.63) is 112 Å². The predicted molar refractivity (Wildman–Crippen MR) is 220 cm³/mol. The van der Waals surface area contributed by atoms with E-state index in [9.17, 15) is 45.0 Å². The number of amides is 1. The summed E-state index contributed by atoms with van der Waals surface area (Å²) in [6.07, 6.45) is 13.0. The van der Waals surface area contributed by atoms with Crippen molar-refractivity contribution in [1.82, 2.24) is 9.88 Å². The van der Waals surface area contributed by atoms with E-state index in [0.717, 1.165) is 5.57 Å². The largest absolute Gasteiger partial charge is 0.507 e. The molecule has 0 spiro atoms. The molecule has 11 atom stereocenters. The van der Waals surface area contributed by atoms with Crippen molar-refractivity contribution in [1.29, 1.82) is 0 Å². The number of rotatable bonds is 17. The van der Waals surface area contributed by atoms with Gasteiger partial charge in [-0.05, 0) is 44.4 Å². The number of aliphatic hydroxyl groups is 5. The summed E-state index contributed by atoms with van der Waals surface area (Å²) in [5.74, 6) is -5.51. The normalized spacial score (nSPS) is 29.9. The van der Waals surface area contributed by atoms with Crippen LogP contribution in [-0.4, -0.2) is 115 Å². The van der Waals surface area contributed by atoms with E-state index in [-0.39, 0.29) is 24.1 Å². The van der Waals surface area contributed by atoms with Gasteiger partial charge >= 0.3 is 0 Å². The van der Waals surface area contributed by atoms with Gasteiger partial charge in [0.2, 0.25) is 11.7 Å². The molecular weight excluding hydrogens is 748 g/mol. The topological polar surface area (TPSA) is 217 Å². The summed E-state index contributed by atoms with van der Waals surface area (Å²) in [5, 5.41) is 68.0.